The van der Waals surface area contributed by atoms with E-state index in [0.717, 1.165) is 18.9 Å². The molecule has 2 aliphatic rings. The average Bonchev–Trinajstić information content (AvgIpc) is 2.99. The Morgan fingerprint density at radius 3 is 2.56 bits per heavy atom. The van der Waals surface area contributed by atoms with Crippen LogP contribution in [0.1, 0.15) is 53.1 Å². The van der Waals surface area contributed by atoms with Gasteiger partial charge in [-0.1, -0.05) is 0 Å². The lowest BCUT2D eigenvalue weighted by molar-refractivity contribution is -0.141. The van der Waals surface area contributed by atoms with Gasteiger partial charge in [0.1, 0.15) is 5.69 Å². The Labute approximate surface area is 139 Å². The van der Waals surface area contributed by atoms with Crippen LogP contribution in [-0.2, 0) is 6.18 Å². The first-order chi connectivity index (χ1) is 11.8. The number of nitrogens with zero attached hydrogens (tertiary/aromatic N) is 3. The molecular weight excluding hydrogens is 339 g/mol. The lowest BCUT2D eigenvalue weighted by Crippen LogP contribution is -2.30. The minimum Gasteiger partial charge on any atom is -0.337 e. The molecule has 3 heterocycles. The fraction of sp³-hybridized carbons (Fsp3) is 0.533. The molecule has 134 valence electrons. The van der Waals surface area contributed by atoms with Gasteiger partial charge in [-0.15, -0.1) is 0 Å². The van der Waals surface area contributed by atoms with Gasteiger partial charge in [-0.05, 0) is 19.3 Å². The van der Waals surface area contributed by atoms with E-state index in [1.54, 1.807) is 0 Å². The summed E-state index contributed by atoms with van der Waals surface area (Å²) in [5.74, 6) is -0.488. The number of aromatic nitrogens is 4. The molecule has 25 heavy (non-hydrogen) atoms. The maximum absolute atomic E-state index is 13.0. The minimum absolute atomic E-state index is 0.0157. The highest BCUT2D eigenvalue weighted by Gasteiger charge is 2.40. The third kappa shape index (κ3) is 2.96. The molecule has 1 aliphatic heterocycles. The number of H-pyrrole nitrogens is 2. The van der Waals surface area contributed by atoms with Gasteiger partial charge in [-0.25, -0.2) is 0 Å². The second-order valence-electron chi connectivity index (χ2n) is 6.54. The number of carbonyl (C=O) groups is 1. The lowest BCUT2D eigenvalue weighted by Gasteiger charge is -2.17. The van der Waals surface area contributed by atoms with Crippen LogP contribution in [0.2, 0.25) is 0 Å². The van der Waals surface area contributed by atoms with Gasteiger partial charge in [0.2, 0.25) is 0 Å². The Kier molecular flexibility index (Phi) is 3.51. The van der Waals surface area contributed by atoms with Crippen LogP contribution in [0.25, 0.3) is 0 Å². The first-order valence-electron chi connectivity index (χ1n) is 8.06. The molecule has 2 aromatic heterocycles. The molecule has 2 N–H and O–H groups in total. The van der Waals surface area contributed by atoms with Crippen molar-refractivity contribution in [1.29, 1.82) is 0 Å². The van der Waals surface area contributed by atoms with Gasteiger partial charge in [0.25, 0.3) is 11.5 Å². The summed E-state index contributed by atoms with van der Waals surface area (Å²) < 4.78 is 40.1. The number of nitrogens with one attached hydrogen (secondary N) is 2. The topological polar surface area (TPSA) is 86.8 Å². The second-order valence-corrected chi connectivity index (χ2v) is 6.54. The molecule has 1 saturated heterocycles. The quantitative estimate of drug-likeness (QED) is 0.881. The lowest BCUT2D eigenvalue weighted by atomic mass is 10.1. The number of carbonyl (C=O) groups excluding carboxylic acids is 1. The summed E-state index contributed by atoms with van der Waals surface area (Å²) in [7, 11) is 0. The molecule has 0 aromatic carbocycles. The summed E-state index contributed by atoms with van der Waals surface area (Å²) in [6, 6.07) is 2.15. The van der Waals surface area contributed by atoms with E-state index in [-0.39, 0.29) is 23.2 Å². The number of amides is 1. The summed E-state index contributed by atoms with van der Waals surface area (Å²) in [6.07, 6.45) is -2.48. The zero-order valence-corrected chi connectivity index (χ0v) is 13.1. The number of aromatic amines is 2. The summed E-state index contributed by atoms with van der Waals surface area (Å²) in [6.45, 7) is 0.776. The molecule has 0 bridgehead atoms. The first-order valence-corrected chi connectivity index (χ1v) is 8.06. The molecule has 7 nitrogen and oxygen atoms in total. The van der Waals surface area contributed by atoms with E-state index in [1.807, 2.05) is 0 Å². The Morgan fingerprint density at radius 1 is 1.20 bits per heavy atom. The zero-order chi connectivity index (χ0) is 17.8. The zero-order valence-electron chi connectivity index (χ0n) is 13.1. The van der Waals surface area contributed by atoms with Crippen molar-refractivity contribution in [2.45, 2.75) is 37.4 Å². The maximum atomic E-state index is 13.0. The molecule has 1 aliphatic carbocycles. The summed E-state index contributed by atoms with van der Waals surface area (Å²) in [4.78, 5) is 25.5. The molecule has 1 amide bonds. The Bertz CT molecular complexity index is 861. The predicted octanol–water partition coefficient (Wildman–Crippen LogP) is 1.88. The van der Waals surface area contributed by atoms with Crippen LogP contribution >= 0.6 is 0 Å². The van der Waals surface area contributed by atoms with Crippen molar-refractivity contribution >= 4 is 5.91 Å². The normalized spacial score (nSPS) is 21.1. The van der Waals surface area contributed by atoms with Gasteiger partial charge in [0.15, 0.2) is 5.69 Å². The van der Waals surface area contributed by atoms with Crippen LogP contribution in [-0.4, -0.2) is 43.9 Å². The van der Waals surface area contributed by atoms with E-state index in [0.29, 0.717) is 25.2 Å². The Morgan fingerprint density at radius 2 is 1.96 bits per heavy atom. The van der Waals surface area contributed by atoms with Gasteiger partial charge in [-0.3, -0.25) is 19.4 Å². The van der Waals surface area contributed by atoms with Crippen molar-refractivity contribution in [3.05, 3.63) is 39.6 Å². The average molecular weight is 355 g/mol. The monoisotopic (exact) mass is 355 g/mol. The maximum Gasteiger partial charge on any atom is 0.435 e. The molecule has 4 rings (SSSR count). The summed E-state index contributed by atoms with van der Waals surface area (Å²) in [5, 5.41) is 8.83. The molecule has 2 fully saturated rings. The standard InChI is InChI=1S/C15H16F3N5O2/c16-15(17,18)12-6-11(23(21-12)9-1-2-9)14(25)22-4-3-8(7-22)10-5-13(24)20-19-10/h5-6,8-9H,1-4,7H2,(H2,19,20,24). The molecule has 10 heteroatoms. The van der Waals surface area contributed by atoms with Gasteiger partial charge >= 0.3 is 6.18 Å². The van der Waals surface area contributed by atoms with Crippen molar-refractivity contribution in [3.63, 3.8) is 0 Å². The number of hydrogen-bond acceptors (Lipinski definition) is 3. The number of hydrogen-bond donors (Lipinski definition) is 2. The van der Waals surface area contributed by atoms with E-state index >= 15 is 0 Å². The summed E-state index contributed by atoms with van der Waals surface area (Å²) in [5.41, 5.74) is -0.597. The van der Waals surface area contributed by atoms with E-state index in [1.165, 1.54) is 15.6 Å². The highest BCUT2D eigenvalue weighted by molar-refractivity contribution is 5.93. The first kappa shape index (κ1) is 16.0. The van der Waals surface area contributed by atoms with Gasteiger partial charge in [-0.2, -0.15) is 18.3 Å². The molecule has 0 spiro atoms. The fourth-order valence-corrected chi connectivity index (χ4v) is 3.22. The molecule has 0 radical (unpaired) electrons. The van der Waals surface area contributed by atoms with Crippen LogP contribution < -0.4 is 5.56 Å². The minimum atomic E-state index is -4.58. The number of rotatable bonds is 3. The molecule has 1 saturated carbocycles. The van der Waals surface area contributed by atoms with Crippen molar-refractivity contribution < 1.29 is 18.0 Å². The van der Waals surface area contributed by atoms with Crippen molar-refractivity contribution in [1.82, 2.24) is 24.9 Å². The van der Waals surface area contributed by atoms with E-state index in [9.17, 15) is 22.8 Å². The molecule has 2 aromatic rings. The smallest absolute Gasteiger partial charge is 0.337 e. The van der Waals surface area contributed by atoms with Crippen LogP contribution in [0.5, 0.6) is 0 Å². The predicted molar refractivity (Wildman–Crippen MR) is 80.2 cm³/mol. The Balaban J connectivity index is 1.57. The highest BCUT2D eigenvalue weighted by atomic mass is 19.4. The largest absolute Gasteiger partial charge is 0.435 e. The number of alkyl halides is 3. The van der Waals surface area contributed by atoms with E-state index < -0.39 is 17.8 Å². The highest BCUT2D eigenvalue weighted by Crippen LogP contribution is 2.38. The van der Waals surface area contributed by atoms with E-state index in [2.05, 4.69) is 15.3 Å². The number of halogens is 3. The van der Waals surface area contributed by atoms with Crippen molar-refractivity contribution in [2.24, 2.45) is 0 Å². The van der Waals surface area contributed by atoms with Gasteiger partial charge in [0.05, 0.1) is 6.04 Å². The molecule has 1 atom stereocenters. The SMILES string of the molecule is O=C(c1cc(C(F)(F)F)nn1C1CC1)N1CCC(c2cc(=O)[nH][nH]2)C1. The van der Waals surface area contributed by atoms with Crippen LogP contribution in [0.3, 0.4) is 0 Å². The van der Waals surface area contributed by atoms with Crippen LogP contribution in [0, 0.1) is 0 Å². The van der Waals surface area contributed by atoms with Crippen molar-refractivity contribution in [3.8, 4) is 0 Å². The summed E-state index contributed by atoms with van der Waals surface area (Å²) >= 11 is 0. The van der Waals surface area contributed by atoms with Crippen LogP contribution in [0.4, 0.5) is 13.2 Å². The van der Waals surface area contributed by atoms with Crippen molar-refractivity contribution in [2.75, 3.05) is 13.1 Å². The number of likely N-dealkylation sites (tertiary alicyclic amines) is 1. The molecular formula is C15H16F3N5O2. The second kappa shape index (κ2) is 5.50. The van der Waals surface area contributed by atoms with Crippen LogP contribution in [0.15, 0.2) is 16.9 Å². The van der Waals surface area contributed by atoms with E-state index in [4.69, 9.17) is 0 Å². The Hall–Kier alpha value is -2.52. The van der Waals surface area contributed by atoms with Gasteiger partial charge < -0.3 is 10.00 Å². The molecule has 1 unspecified atom stereocenters. The van der Waals surface area contributed by atoms with Gasteiger partial charge in [0, 0.05) is 36.8 Å². The third-order valence-corrected chi connectivity index (χ3v) is 4.67. The third-order valence-electron chi connectivity index (χ3n) is 4.67. The fourth-order valence-electron chi connectivity index (χ4n) is 3.22.